The first-order chi connectivity index (χ1) is 18.0. The fraction of sp³-hybridized carbons (Fsp3) is 0.250. The standard InChI is InChI=1S/C23H25FN8O2S.CH2O2/c1-12(2)32-10-15-6-21(30-31(15)11-35(32,33)34)29-20-5-14-4-16(17-7-27-9-19(25)13(17)3)22(24)23(26)18(14)8-28-20;2-1-3/h4-9,12H,10-11,25-26H2,1-3H3,(H,28,29,30);1H,(H,2,3). The molecule has 0 saturated heterocycles. The first-order valence-corrected chi connectivity index (χ1v) is 13.1. The first kappa shape index (κ1) is 26.8. The Morgan fingerprint density at radius 2 is 1.84 bits per heavy atom. The topological polar surface area (TPSA) is 182 Å². The van der Waals surface area contributed by atoms with Gasteiger partial charge >= 0.3 is 0 Å². The quantitative estimate of drug-likeness (QED) is 0.221. The Hall–Kier alpha value is -4.30. The third kappa shape index (κ3) is 4.95. The summed E-state index contributed by atoms with van der Waals surface area (Å²) in [4.78, 5) is 16.8. The van der Waals surface area contributed by atoms with Crippen molar-refractivity contribution in [1.29, 1.82) is 0 Å². The Bertz CT molecular complexity index is 1640. The van der Waals surface area contributed by atoms with Crippen molar-refractivity contribution in [2.75, 3.05) is 16.8 Å². The van der Waals surface area contributed by atoms with E-state index < -0.39 is 15.8 Å². The average molecular weight is 543 g/mol. The molecule has 3 aromatic heterocycles. The van der Waals surface area contributed by atoms with Gasteiger partial charge in [-0.05, 0) is 43.9 Å². The molecule has 1 aliphatic rings. The van der Waals surface area contributed by atoms with Gasteiger partial charge in [-0.1, -0.05) is 0 Å². The molecule has 38 heavy (non-hydrogen) atoms. The molecule has 0 atom stereocenters. The number of carbonyl (C=O) groups is 1. The first-order valence-electron chi connectivity index (χ1n) is 11.5. The van der Waals surface area contributed by atoms with Crippen molar-refractivity contribution in [2.45, 2.75) is 39.2 Å². The molecule has 200 valence electrons. The average Bonchev–Trinajstić information content (AvgIpc) is 3.22. The Balaban J connectivity index is 0.00000107. The Kier molecular flexibility index (Phi) is 7.20. The van der Waals surface area contributed by atoms with Crippen LogP contribution in [0.5, 0.6) is 0 Å². The number of fused-ring (bicyclic) bond motifs is 2. The van der Waals surface area contributed by atoms with Crippen molar-refractivity contribution >= 4 is 50.3 Å². The summed E-state index contributed by atoms with van der Waals surface area (Å²) in [5.41, 5.74) is 14.8. The van der Waals surface area contributed by atoms with Crippen LogP contribution in [0.4, 0.5) is 27.4 Å². The Morgan fingerprint density at radius 1 is 1.13 bits per heavy atom. The summed E-state index contributed by atoms with van der Waals surface area (Å²) in [6.07, 6.45) is 4.56. The number of sulfonamides is 1. The molecule has 0 amide bonds. The second-order valence-electron chi connectivity index (χ2n) is 8.97. The van der Waals surface area contributed by atoms with Crippen LogP contribution >= 0.6 is 0 Å². The molecule has 5 rings (SSSR count). The largest absolute Gasteiger partial charge is 0.483 e. The molecule has 0 fully saturated rings. The summed E-state index contributed by atoms with van der Waals surface area (Å²) in [5.74, 6) is 0.128. The number of pyridine rings is 2. The molecule has 0 bridgehead atoms. The number of nitrogens with two attached hydrogens (primary N) is 2. The number of hydrogen-bond acceptors (Lipinski definition) is 9. The smallest absolute Gasteiger partial charge is 0.290 e. The van der Waals surface area contributed by atoms with Crippen molar-refractivity contribution in [3.05, 3.63) is 53.9 Å². The van der Waals surface area contributed by atoms with Crippen LogP contribution in [0.25, 0.3) is 21.9 Å². The highest BCUT2D eigenvalue weighted by molar-refractivity contribution is 7.88. The summed E-state index contributed by atoms with van der Waals surface area (Å²) >= 11 is 0. The van der Waals surface area contributed by atoms with Crippen molar-refractivity contribution < 1.29 is 22.7 Å². The van der Waals surface area contributed by atoms with Crippen LogP contribution < -0.4 is 16.8 Å². The third-order valence-electron chi connectivity index (χ3n) is 6.20. The number of benzene rings is 1. The number of carboxylic acid groups (broad SMARTS) is 1. The van der Waals surface area contributed by atoms with Crippen molar-refractivity contribution in [2.24, 2.45) is 0 Å². The zero-order chi connectivity index (χ0) is 27.8. The molecule has 4 heterocycles. The number of hydrogen-bond donors (Lipinski definition) is 4. The monoisotopic (exact) mass is 542 g/mol. The fourth-order valence-corrected chi connectivity index (χ4v) is 5.90. The minimum Gasteiger partial charge on any atom is -0.483 e. The van der Waals surface area contributed by atoms with Gasteiger partial charge in [-0.3, -0.25) is 9.78 Å². The molecule has 12 nitrogen and oxygen atoms in total. The summed E-state index contributed by atoms with van der Waals surface area (Å²) in [6, 6.07) is 5.06. The summed E-state index contributed by atoms with van der Waals surface area (Å²) in [6.45, 7) is 5.47. The molecular weight excluding hydrogens is 515 g/mol. The number of anilines is 4. The van der Waals surface area contributed by atoms with Crippen LogP contribution in [-0.2, 0) is 27.2 Å². The van der Waals surface area contributed by atoms with Gasteiger partial charge in [0.1, 0.15) is 5.82 Å². The van der Waals surface area contributed by atoms with Crippen LogP contribution in [-0.4, -0.2) is 50.1 Å². The molecule has 1 aliphatic heterocycles. The van der Waals surface area contributed by atoms with E-state index >= 15 is 4.39 Å². The number of nitrogen functional groups attached to an aromatic ring is 2. The van der Waals surface area contributed by atoms with Gasteiger partial charge in [0.2, 0.25) is 10.0 Å². The molecule has 0 unspecified atom stereocenters. The maximum Gasteiger partial charge on any atom is 0.290 e. The van der Waals surface area contributed by atoms with E-state index in [9.17, 15) is 8.42 Å². The van der Waals surface area contributed by atoms with E-state index in [1.165, 1.54) is 21.4 Å². The van der Waals surface area contributed by atoms with Crippen molar-refractivity contribution in [3.63, 3.8) is 0 Å². The maximum absolute atomic E-state index is 15.2. The van der Waals surface area contributed by atoms with E-state index in [2.05, 4.69) is 20.4 Å². The van der Waals surface area contributed by atoms with Gasteiger partial charge in [-0.2, -0.15) is 9.40 Å². The van der Waals surface area contributed by atoms with Crippen molar-refractivity contribution in [3.8, 4) is 11.1 Å². The molecule has 1 aromatic carbocycles. The lowest BCUT2D eigenvalue weighted by molar-refractivity contribution is -0.122. The van der Waals surface area contributed by atoms with E-state index in [4.69, 9.17) is 21.4 Å². The maximum atomic E-state index is 15.2. The molecular formula is C24H27FN8O4S. The van der Waals surface area contributed by atoms with Gasteiger partial charge in [0.05, 0.1) is 29.8 Å². The van der Waals surface area contributed by atoms with Crippen LogP contribution in [0.2, 0.25) is 0 Å². The number of halogens is 1. The molecule has 0 saturated carbocycles. The van der Waals surface area contributed by atoms with Gasteiger partial charge in [0.25, 0.3) is 6.47 Å². The van der Waals surface area contributed by atoms with E-state index in [1.54, 1.807) is 31.3 Å². The van der Waals surface area contributed by atoms with Gasteiger partial charge in [0.15, 0.2) is 17.5 Å². The van der Waals surface area contributed by atoms with Crippen LogP contribution in [0.15, 0.2) is 36.8 Å². The lowest BCUT2D eigenvalue weighted by Gasteiger charge is -2.29. The molecule has 0 spiro atoms. The van der Waals surface area contributed by atoms with Gasteiger partial charge in [-0.25, -0.2) is 22.5 Å². The fourth-order valence-electron chi connectivity index (χ4n) is 4.25. The van der Waals surface area contributed by atoms with Crippen molar-refractivity contribution in [1.82, 2.24) is 24.1 Å². The number of rotatable bonds is 4. The number of nitrogens with one attached hydrogen (secondary N) is 1. The molecule has 6 N–H and O–H groups in total. The van der Waals surface area contributed by atoms with Gasteiger partial charge in [-0.15, -0.1) is 0 Å². The minimum absolute atomic E-state index is 0.0187. The van der Waals surface area contributed by atoms with Crippen LogP contribution in [0.1, 0.15) is 25.1 Å². The zero-order valence-electron chi connectivity index (χ0n) is 20.9. The third-order valence-corrected chi connectivity index (χ3v) is 8.04. The Morgan fingerprint density at radius 3 is 2.53 bits per heavy atom. The zero-order valence-corrected chi connectivity index (χ0v) is 21.7. The SMILES string of the molecule is Cc1c(N)cncc1-c1cc2cc(Nc3cc4n(n3)CS(=O)(=O)N(C(C)C)C4)ncc2c(N)c1F.O=CO. The van der Waals surface area contributed by atoms with E-state index in [1.807, 2.05) is 13.8 Å². The lowest BCUT2D eigenvalue weighted by atomic mass is 9.97. The van der Waals surface area contributed by atoms with Crippen LogP contribution in [0, 0.1) is 12.7 Å². The second-order valence-corrected chi connectivity index (χ2v) is 10.9. The second kappa shape index (κ2) is 10.2. The van der Waals surface area contributed by atoms with E-state index in [-0.39, 0.29) is 30.6 Å². The highest BCUT2D eigenvalue weighted by atomic mass is 32.2. The number of aromatic nitrogens is 4. The van der Waals surface area contributed by atoms with E-state index in [0.717, 1.165) is 5.69 Å². The van der Waals surface area contributed by atoms with Gasteiger partial charge < -0.3 is 21.9 Å². The minimum atomic E-state index is -3.44. The molecule has 0 aliphatic carbocycles. The number of nitrogens with zero attached hydrogens (tertiary/aromatic N) is 5. The van der Waals surface area contributed by atoms with E-state index in [0.29, 0.717) is 44.8 Å². The molecule has 4 aromatic rings. The summed E-state index contributed by atoms with van der Waals surface area (Å²) in [7, 11) is -3.44. The predicted octanol–water partition coefficient (Wildman–Crippen LogP) is 3.06. The van der Waals surface area contributed by atoms with Crippen LogP contribution in [0.3, 0.4) is 0 Å². The molecule has 14 heteroatoms. The van der Waals surface area contributed by atoms with Gasteiger partial charge in [0, 0.05) is 41.0 Å². The lowest BCUT2D eigenvalue weighted by Crippen LogP contribution is -2.42. The molecule has 0 radical (unpaired) electrons. The highest BCUT2D eigenvalue weighted by Crippen LogP contribution is 2.36. The Labute approximate surface area is 218 Å². The summed E-state index contributed by atoms with van der Waals surface area (Å²) in [5, 5.41) is 15.5. The normalized spacial score (nSPS) is 14.6. The highest BCUT2D eigenvalue weighted by Gasteiger charge is 2.32. The predicted molar refractivity (Wildman–Crippen MR) is 142 cm³/mol. The summed E-state index contributed by atoms with van der Waals surface area (Å²) < 4.78 is 43.1.